The Bertz CT molecular complexity index is 590. The van der Waals surface area contributed by atoms with Gasteiger partial charge in [-0.25, -0.2) is 0 Å². The van der Waals surface area contributed by atoms with E-state index in [9.17, 15) is 5.11 Å². The summed E-state index contributed by atoms with van der Waals surface area (Å²) in [6.45, 7) is 0.508. The first-order valence-electron chi connectivity index (χ1n) is 5.65. The van der Waals surface area contributed by atoms with Crippen molar-refractivity contribution < 1.29 is 9.84 Å². The van der Waals surface area contributed by atoms with E-state index in [2.05, 4.69) is 21.2 Å². The van der Waals surface area contributed by atoms with Crippen LogP contribution in [-0.2, 0) is 6.54 Å². The second kappa shape index (κ2) is 6.17. The van der Waals surface area contributed by atoms with E-state index in [4.69, 9.17) is 16.3 Å². The zero-order valence-corrected chi connectivity index (χ0v) is 12.6. The maximum absolute atomic E-state index is 9.85. The van der Waals surface area contributed by atoms with Crippen LogP contribution in [0.15, 0.2) is 40.9 Å². The lowest BCUT2D eigenvalue weighted by molar-refractivity contribution is 0.406. The number of ether oxygens (including phenoxy) is 1. The van der Waals surface area contributed by atoms with E-state index in [1.165, 1.54) is 0 Å². The number of aromatic hydroxyl groups is 1. The van der Waals surface area contributed by atoms with Crippen LogP contribution >= 0.6 is 27.5 Å². The van der Waals surface area contributed by atoms with E-state index in [0.717, 1.165) is 15.7 Å². The van der Waals surface area contributed by atoms with Gasteiger partial charge in [0.05, 0.1) is 12.1 Å². The van der Waals surface area contributed by atoms with Crippen molar-refractivity contribution in [3.63, 3.8) is 0 Å². The van der Waals surface area contributed by atoms with Gasteiger partial charge in [-0.3, -0.25) is 0 Å². The van der Waals surface area contributed by atoms with Gasteiger partial charge in [-0.15, -0.1) is 0 Å². The summed E-state index contributed by atoms with van der Waals surface area (Å²) in [6.07, 6.45) is 0. The molecule has 0 aromatic heterocycles. The molecule has 0 amide bonds. The second-order valence-corrected chi connectivity index (χ2v) is 5.24. The predicted molar refractivity (Wildman–Crippen MR) is 81.1 cm³/mol. The van der Waals surface area contributed by atoms with Crippen LogP contribution in [0.1, 0.15) is 5.56 Å². The van der Waals surface area contributed by atoms with Crippen LogP contribution in [0, 0.1) is 0 Å². The fourth-order valence-corrected chi connectivity index (χ4v) is 2.05. The minimum atomic E-state index is 0.204. The predicted octanol–water partition coefficient (Wildman–Crippen LogP) is 4.43. The minimum Gasteiger partial charge on any atom is -0.507 e. The average molecular weight is 343 g/mol. The third-order valence-electron chi connectivity index (χ3n) is 2.70. The number of rotatable bonds is 4. The summed E-state index contributed by atoms with van der Waals surface area (Å²) in [5.74, 6) is 0.836. The van der Waals surface area contributed by atoms with Crippen LogP contribution in [-0.4, -0.2) is 12.2 Å². The van der Waals surface area contributed by atoms with Crippen LogP contribution in [0.5, 0.6) is 11.5 Å². The topological polar surface area (TPSA) is 41.5 Å². The molecule has 0 saturated carbocycles. The largest absolute Gasteiger partial charge is 0.507 e. The molecule has 0 aliphatic carbocycles. The monoisotopic (exact) mass is 341 g/mol. The molecule has 0 unspecified atom stereocenters. The van der Waals surface area contributed by atoms with E-state index < -0.39 is 0 Å². The summed E-state index contributed by atoms with van der Waals surface area (Å²) in [5, 5.41) is 13.7. The molecule has 0 fully saturated rings. The maximum atomic E-state index is 9.85. The Morgan fingerprint density at radius 2 is 2.05 bits per heavy atom. The molecule has 2 N–H and O–H groups in total. The molecule has 0 spiro atoms. The number of anilines is 1. The number of phenols is 1. The molecule has 5 heteroatoms. The normalized spacial score (nSPS) is 10.3. The third kappa shape index (κ3) is 3.55. The number of phenolic OH excluding ortho intramolecular Hbond substituents is 1. The molecule has 0 radical (unpaired) electrons. The van der Waals surface area contributed by atoms with Gasteiger partial charge in [0.1, 0.15) is 11.5 Å². The molecule has 0 bridgehead atoms. The van der Waals surface area contributed by atoms with E-state index in [0.29, 0.717) is 17.3 Å². The molecule has 2 rings (SSSR count). The zero-order chi connectivity index (χ0) is 13.8. The summed E-state index contributed by atoms with van der Waals surface area (Å²) in [5.41, 5.74) is 1.68. The molecule has 0 aliphatic heterocycles. The van der Waals surface area contributed by atoms with Crippen molar-refractivity contribution in [1.82, 2.24) is 0 Å². The second-order valence-electron chi connectivity index (χ2n) is 3.98. The molecular weight excluding hydrogens is 330 g/mol. The van der Waals surface area contributed by atoms with Gasteiger partial charge in [0, 0.05) is 28.3 Å². The standard InChI is InChI=1S/C14H13BrClNO2/c1-19-11-4-2-9(14(18)7-11)8-17-10-3-5-12(15)13(16)6-10/h2-7,17-18H,8H2,1H3. The molecule has 0 aliphatic rings. The quantitative estimate of drug-likeness (QED) is 0.863. The highest BCUT2D eigenvalue weighted by Gasteiger charge is 2.04. The van der Waals surface area contributed by atoms with Crippen molar-refractivity contribution in [3.8, 4) is 11.5 Å². The molecule has 2 aromatic carbocycles. The van der Waals surface area contributed by atoms with Gasteiger partial charge in [0.15, 0.2) is 0 Å². The van der Waals surface area contributed by atoms with Crippen molar-refractivity contribution in [2.24, 2.45) is 0 Å². The van der Waals surface area contributed by atoms with Crippen molar-refractivity contribution in [3.05, 3.63) is 51.5 Å². The molecule has 0 atom stereocenters. The number of benzene rings is 2. The smallest absolute Gasteiger partial charge is 0.124 e. The Hall–Kier alpha value is -1.39. The molecular formula is C14H13BrClNO2. The van der Waals surface area contributed by atoms with Gasteiger partial charge in [-0.05, 0) is 46.3 Å². The van der Waals surface area contributed by atoms with E-state index >= 15 is 0 Å². The summed E-state index contributed by atoms with van der Waals surface area (Å²) in [7, 11) is 1.57. The van der Waals surface area contributed by atoms with Crippen LogP contribution in [0.2, 0.25) is 5.02 Å². The van der Waals surface area contributed by atoms with Crippen molar-refractivity contribution >= 4 is 33.2 Å². The number of hydrogen-bond donors (Lipinski definition) is 2. The van der Waals surface area contributed by atoms with Crippen molar-refractivity contribution in [2.75, 3.05) is 12.4 Å². The van der Waals surface area contributed by atoms with Gasteiger partial charge < -0.3 is 15.2 Å². The van der Waals surface area contributed by atoms with Crippen LogP contribution in [0.25, 0.3) is 0 Å². The lowest BCUT2D eigenvalue weighted by Gasteiger charge is -2.10. The number of methoxy groups -OCH3 is 1. The Balaban J connectivity index is 2.07. The third-order valence-corrected chi connectivity index (χ3v) is 3.93. The summed E-state index contributed by atoms with van der Waals surface area (Å²) >= 11 is 9.35. The fraction of sp³-hybridized carbons (Fsp3) is 0.143. The Morgan fingerprint density at radius 1 is 1.26 bits per heavy atom. The van der Waals surface area contributed by atoms with Gasteiger partial charge in [0.2, 0.25) is 0 Å². The van der Waals surface area contributed by atoms with Gasteiger partial charge >= 0.3 is 0 Å². The maximum Gasteiger partial charge on any atom is 0.124 e. The number of nitrogens with one attached hydrogen (secondary N) is 1. The van der Waals surface area contributed by atoms with Crippen LogP contribution in [0.3, 0.4) is 0 Å². The number of hydrogen-bond acceptors (Lipinski definition) is 3. The number of halogens is 2. The van der Waals surface area contributed by atoms with Crippen molar-refractivity contribution in [1.29, 1.82) is 0 Å². The summed E-state index contributed by atoms with van der Waals surface area (Å²) in [4.78, 5) is 0. The first-order valence-corrected chi connectivity index (χ1v) is 6.82. The lowest BCUT2D eigenvalue weighted by atomic mass is 10.2. The average Bonchev–Trinajstić information content (AvgIpc) is 2.41. The van der Waals surface area contributed by atoms with Crippen molar-refractivity contribution in [2.45, 2.75) is 6.54 Å². The van der Waals surface area contributed by atoms with E-state index in [1.807, 2.05) is 30.3 Å². The Morgan fingerprint density at radius 3 is 2.68 bits per heavy atom. The molecule has 2 aromatic rings. The summed E-state index contributed by atoms with van der Waals surface area (Å²) < 4.78 is 5.89. The Labute approximate surface area is 125 Å². The first kappa shape index (κ1) is 14.0. The fourth-order valence-electron chi connectivity index (χ4n) is 1.62. The van der Waals surface area contributed by atoms with Gasteiger partial charge in [-0.2, -0.15) is 0 Å². The first-order chi connectivity index (χ1) is 9.10. The van der Waals surface area contributed by atoms with E-state index in [1.54, 1.807) is 13.2 Å². The SMILES string of the molecule is COc1ccc(CNc2ccc(Br)c(Cl)c2)c(O)c1. The van der Waals surface area contributed by atoms with Gasteiger partial charge in [0.25, 0.3) is 0 Å². The highest BCUT2D eigenvalue weighted by atomic mass is 79.9. The summed E-state index contributed by atoms with van der Waals surface area (Å²) in [6, 6.07) is 10.8. The lowest BCUT2D eigenvalue weighted by Crippen LogP contribution is -1.99. The molecule has 19 heavy (non-hydrogen) atoms. The zero-order valence-electron chi connectivity index (χ0n) is 10.3. The Kier molecular flexibility index (Phi) is 4.56. The van der Waals surface area contributed by atoms with Gasteiger partial charge in [-0.1, -0.05) is 11.6 Å². The van der Waals surface area contributed by atoms with E-state index in [-0.39, 0.29) is 5.75 Å². The molecule has 0 heterocycles. The molecule has 100 valence electrons. The minimum absolute atomic E-state index is 0.204. The van der Waals surface area contributed by atoms with Crippen LogP contribution in [0.4, 0.5) is 5.69 Å². The van der Waals surface area contributed by atoms with Crippen LogP contribution < -0.4 is 10.1 Å². The highest BCUT2D eigenvalue weighted by molar-refractivity contribution is 9.10. The molecule has 3 nitrogen and oxygen atoms in total. The highest BCUT2D eigenvalue weighted by Crippen LogP contribution is 2.27. The molecule has 0 saturated heterocycles.